The third kappa shape index (κ3) is 6.40. The number of thioether (sulfide) groups is 1. The highest BCUT2D eigenvalue weighted by molar-refractivity contribution is 8.18. The van der Waals surface area contributed by atoms with E-state index in [1.807, 2.05) is 12.1 Å². The van der Waals surface area contributed by atoms with Crippen LogP contribution in [0.15, 0.2) is 47.6 Å². The summed E-state index contributed by atoms with van der Waals surface area (Å²) in [4.78, 5) is 38.9. The van der Waals surface area contributed by atoms with Gasteiger partial charge in [-0.3, -0.25) is 19.9 Å². The van der Waals surface area contributed by atoms with E-state index in [1.54, 1.807) is 44.7 Å². The van der Waals surface area contributed by atoms with E-state index in [1.165, 1.54) is 6.20 Å². The average Bonchev–Trinajstić information content (AvgIpc) is 3.30. The van der Waals surface area contributed by atoms with Gasteiger partial charge in [0.15, 0.2) is 0 Å². The van der Waals surface area contributed by atoms with Crippen molar-refractivity contribution < 1.29 is 23.5 Å². The van der Waals surface area contributed by atoms with Gasteiger partial charge >= 0.3 is 0 Å². The first-order valence-corrected chi connectivity index (χ1v) is 13.7. The van der Waals surface area contributed by atoms with Gasteiger partial charge in [-0.25, -0.2) is 14.4 Å². The molecule has 40 heavy (non-hydrogen) atoms. The van der Waals surface area contributed by atoms with Crippen molar-refractivity contribution in [1.82, 2.24) is 25.6 Å². The lowest BCUT2D eigenvalue weighted by atomic mass is 9.97. The lowest BCUT2D eigenvalue weighted by Crippen LogP contribution is -2.38. The Labute approximate surface area is 235 Å². The second kappa shape index (κ2) is 12.4. The molecule has 2 fully saturated rings. The zero-order chi connectivity index (χ0) is 28.1. The van der Waals surface area contributed by atoms with Crippen LogP contribution in [0.3, 0.4) is 0 Å². The minimum atomic E-state index is -0.410. The number of aromatic nitrogens is 3. The van der Waals surface area contributed by atoms with Crippen LogP contribution >= 0.6 is 11.8 Å². The zero-order valence-corrected chi connectivity index (χ0v) is 23.0. The topological polar surface area (TPSA) is 119 Å². The Morgan fingerprint density at radius 3 is 2.70 bits per heavy atom. The fourth-order valence-corrected chi connectivity index (χ4v) is 5.34. The molecule has 0 saturated carbocycles. The van der Waals surface area contributed by atoms with Crippen LogP contribution in [0.2, 0.25) is 0 Å². The third-order valence-electron chi connectivity index (χ3n) is 6.85. The van der Waals surface area contributed by atoms with Crippen LogP contribution in [0.5, 0.6) is 11.5 Å². The molecule has 2 aromatic heterocycles. The predicted octanol–water partition coefficient (Wildman–Crippen LogP) is 4.03. The Morgan fingerprint density at radius 2 is 1.98 bits per heavy atom. The quantitative estimate of drug-likeness (QED) is 0.369. The molecule has 10 nitrogen and oxygen atoms in total. The molecule has 3 aromatic rings. The predicted molar refractivity (Wildman–Crippen MR) is 151 cm³/mol. The van der Waals surface area contributed by atoms with Crippen molar-refractivity contribution in [3.8, 4) is 22.8 Å². The van der Waals surface area contributed by atoms with Gasteiger partial charge in [0.25, 0.3) is 11.1 Å². The number of nitrogens with one attached hydrogen (secondary N) is 2. The number of hydrogen-bond donors (Lipinski definition) is 2. The number of nitrogens with zero attached hydrogens (tertiary/aromatic N) is 4. The largest absolute Gasteiger partial charge is 0.497 e. The highest BCUT2D eigenvalue weighted by Crippen LogP contribution is 2.33. The molecule has 0 unspecified atom stereocenters. The van der Waals surface area contributed by atoms with Crippen molar-refractivity contribution in [3.05, 3.63) is 64.7 Å². The molecule has 1 aromatic carbocycles. The second-order valence-electron chi connectivity index (χ2n) is 9.42. The Hall–Kier alpha value is -4.03. The molecular weight excluding hydrogens is 535 g/mol. The molecule has 0 aliphatic carbocycles. The van der Waals surface area contributed by atoms with Crippen molar-refractivity contribution in [3.63, 3.8) is 0 Å². The summed E-state index contributed by atoms with van der Waals surface area (Å²) in [7, 11) is 3.17. The van der Waals surface area contributed by atoms with Crippen LogP contribution in [0, 0.1) is 11.7 Å². The number of imide groups is 1. The summed E-state index contributed by atoms with van der Waals surface area (Å²) in [6.45, 7) is 2.70. The summed E-state index contributed by atoms with van der Waals surface area (Å²) in [5.41, 5.74) is 2.50. The maximum Gasteiger partial charge on any atom is 0.290 e. The number of hydrogen-bond acceptors (Lipinski definition) is 10. The molecule has 5 rings (SSSR count). The van der Waals surface area contributed by atoms with E-state index >= 15 is 0 Å². The Morgan fingerprint density at radius 1 is 1.15 bits per heavy atom. The van der Waals surface area contributed by atoms with Gasteiger partial charge in [-0.1, -0.05) is 0 Å². The van der Waals surface area contributed by atoms with Crippen molar-refractivity contribution in [2.75, 3.05) is 38.8 Å². The van der Waals surface area contributed by atoms with Gasteiger partial charge in [0.2, 0.25) is 5.95 Å². The van der Waals surface area contributed by atoms with Crippen molar-refractivity contribution in [1.29, 1.82) is 0 Å². The van der Waals surface area contributed by atoms with Gasteiger partial charge in [-0.15, -0.1) is 0 Å². The lowest BCUT2D eigenvalue weighted by molar-refractivity contribution is -0.115. The molecule has 12 heteroatoms. The molecule has 4 heterocycles. The number of amides is 2. The van der Waals surface area contributed by atoms with Crippen LogP contribution in [-0.2, 0) is 11.3 Å². The van der Waals surface area contributed by atoms with Gasteiger partial charge < -0.3 is 19.7 Å². The fourth-order valence-electron chi connectivity index (χ4n) is 4.67. The first-order valence-electron chi connectivity index (χ1n) is 12.8. The zero-order valence-electron chi connectivity index (χ0n) is 22.1. The van der Waals surface area contributed by atoms with Crippen molar-refractivity contribution in [2.24, 2.45) is 5.92 Å². The number of anilines is 1. The molecule has 0 bridgehead atoms. The summed E-state index contributed by atoms with van der Waals surface area (Å²) in [5, 5.41) is 5.26. The number of methoxy groups -OCH3 is 2. The number of halogens is 1. The van der Waals surface area contributed by atoms with Crippen molar-refractivity contribution in [2.45, 2.75) is 19.4 Å². The summed E-state index contributed by atoms with van der Waals surface area (Å²) >= 11 is 0.863. The smallest absolute Gasteiger partial charge is 0.290 e. The highest BCUT2D eigenvalue weighted by Gasteiger charge is 2.26. The molecule has 2 N–H and O–H groups in total. The molecule has 0 atom stereocenters. The number of carbonyl (C=O) groups is 2. The minimum absolute atomic E-state index is 0.320. The maximum atomic E-state index is 14.6. The Balaban J connectivity index is 1.15. The number of pyridine rings is 1. The lowest BCUT2D eigenvalue weighted by Gasteiger charge is -2.32. The van der Waals surface area contributed by atoms with E-state index in [2.05, 4.69) is 30.5 Å². The van der Waals surface area contributed by atoms with E-state index in [9.17, 15) is 14.0 Å². The van der Waals surface area contributed by atoms with Gasteiger partial charge in [0.1, 0.15) is 17.3 Å². The molecule has 208 valence electrons. The number of carbonyl (C=O) groups excluding carboxylic acids is 2. The number of benzene rings is 1. The SMILES string of the molecule is COc1ccc(-c2cc(CNCC3CCN(c4nccc(/C=C5/SC(=O)NC5=O)n4)CC3)c(F)cn2)c(OC)c1. The summed E-state index contributed by atoms with van der Waals surface area (Å²) in [6.07, 6.45) is 6.36. The highest BCUT2D eigenvalue weighted by atomic mass is 32.2. The van der Waals surface area contributed by atoms with E-state index < -0.39 is 5.91 Å². The number of ether oxygens (including phenoxy) is 2. The number of piperidine rings is 1. The van der Waals surface area contributed by atoms with Gasteiger partial charge in [0.05, 0.1) is 36.7 Å². The first kappa shape index (κ1) is 27.5. The maximum absolute atomic E-state index is 14.6. The van der Waals surface area contributed by atoms with E-state index in [4.69, 9.17) is 9.47 Å². The molecule has 2 aliphatic heterocycles. The molecule has 0 radical (unpaired) electrons. The van der Waals surface area contributed by atoms with Gasteiger partial charge in [-0.2, -0.15) is 0 Å². The molecular formula is C28H29FN6O4S. The van der Waals surface area contributed by atoms with Crippen LogP contribution in [0.25, 0.3) is 17.3 Å². The van der Waals surface area contributed by atoms with Crippen LogP contribution < -0.4 is 25.0 Å². The Bertz CT molecular complexity index is 1440. The van der Waals surface area contributed by atoms with Gasteiger partial charge in [0, 0.05) is 43.0 Å². The second-order valence-corrected chi connectivity index (χ2v) is 10.4. The third-order valence-corrected chi connectivity index (χ3v) is 7.66. The summed E-state index contributed by atoms with van der Waals surface area (Å²) in [6, 6.07) is 8.90. The average molecular weight is 565 g/mol. The monoisotopic (exact) mass is 564 g/mol. The normalized spacial score (nSPS) is 16.9. The molecule has 0 spiro atoms. The van der Waals surface area contributed by atoms with E-state index in [-0.39, 0.29) is 11.1 Å². The van der Waals surface area contributed by atoms with Crippen molar-refractivity contribution >= 4 is 34.9 Å². The molecule has 2 amide bonds. The van der Waals surface area contributed by atoms with E-state index in [0.717, 1.165) is 49.8 Å². The molecule has 2 saturated heterocycles. The summed E-state index contributed by atoms with van der Waals surface area (Å²) in [5.74, 6) is 1.53. The summed E-state index contributed by atoms with van der Waals surface area (Å²) < 4.78 is 25.3. The van der Waals surface area contributed by atoms with E-state index in [0.29, 0.717) is 51.8 Å². The number of rotatable bonds is 9. The fraction of sp³-hybridized carbons (Fsp3) is 0.321. The van der Waals surface area contributed by atoms with Crippen LogP contribution in [0.1, 0.15) is 24.1 Å². The van der Waals surface area contributed by atoms with Crippen LogP contribution in [-0.4, -0.2) is 60.0 Å². The van der Waals surface area contributed by atoms with Crippen LogP contribution in [0.4, 0.5) is 15.1 Å². The first-order chi connectivity index (χ1) is 19.4. The Kier molecular flexibility index (Phi) is 8.56. The standard InChI is InChI=1S/C28H29FN6O4S/c1-38-20-3-4-21(24(13-20)39-2)23-11-18(22(29)16-32-23)15-30-14-17-6-9-35(10-7-17)27-31-8-5-19(33-27)12-25-26(36)34-28(37)40-25/h3-5,8,11-13,16-17,30H,6-7,9-10,14-15H2,1-2H3,(H,34,36,37)/b25-12+. The molecule has 2 aliphatic rings. The van der Waals surface area contributed by atoms with Gasteiger partial charge in [-0.05, 0) is 67.4 Å². The minimum Gasteiger partial charge on any atom is -0.497 e.